The molecule has 1 amide bonds. The van der Waals surface area contributed by atoms with Crippen molar-refractivity contribution < 1.29 is 13.9 Å². The zero-order valence-electron chi connectivity index (χ0n) is 10.00. The molecular weight excluding hydrogens is 223 g/mol. The first-order valence-electron chi connectivity index (χ1n) is 5.43. The van der Waals surface area contributed by atoms with Gasteiger partial charge < -0.3 is 15.8 Å². The summed E-state index contributed by atoms with van der Waals surface area (Å²) < 4.78 is 18.4. The number of nitrogens with one attached hydrogen (secondary N) is 1. The molecule has 0 spiro atoms. The summed E-state index contributed by atoms with van der Waals surface area (Å²) in [6, 6.07) is 4.06. The van der Waals surface area contributed by atoms with Crippen LogP contribution in [-0.4, -0.2) is 25.6 Å². The van der Waals surface area contributed by atoms with Crippen molar-refractivity contribution in [3.8, 4) is 5.75 Å². The summed E-state index contributed by atoms with van der Waals surface area (Å²) in [5.41, 5.74) is 5.38. The van der Waals surface area contributed by atoms with E-state index in [4.69, 9.17) is 10.5 Å². The van der Waals surface area contributed by atoms with E-state index < -0.39 is 11.7 Å². The maximum atomic E-state index is 13.6. The van der Waals surface area contributed by atoms with E-state index in [0.717, 1.165) is 0 Å². The van der Waals surface area contributed by atoms with Crippen LogP contribution in [0.1, 0.15) is 23.7 Å². The van der Waals surface area contributed by atoms with Crippen LogP contribution in [-0.2, 0) is 0 Å². The predicted octanol–water partition coefficient (Wildman–Crippen LogP) is 1.30. The lowest BCUT2D eigenvalue weighted by Crippen LogP contribution is -2.34. The van der Waals surface area contributed by atoms with Crippen molar-refractivity contribution in [2.45, 2.75) is 19.4 Å². The number of ether oxygens (including phenoxy) is 1. The van der Waals surface area contributed by atoms with E-state index in [1.54, 1.807) is 6.07 Å². The minimum Gasteiger partial charge on any atom is -0.497 e. The molecule has 1 unspecified atom stereocenters. The van der Waals surface area contributed by atoms with Crippen LogP contribution in [0.3, 0.4) is 0 Å². The fraction of sp³-hybridized carbons (Fsp3) is 0.417. The number of nitrogens with two attached hydrogens (primary N) is 1. The topological polar surface area (TPSA) is 64.3 Å². The smallest absolute Gasteiger partial charge is 0.254 e. The molecule has 94 valence electrons. The number of carbonyl (C=O) groups excluding carboxylic acids is 1. The summed E-state index contributed by atoms with van der Waals surface area (Å²) in [7, 11) is 1.44. The van der Waals surface area contributed by atoms with Crippen molar-refractivity contribution in [1.29, 1.82) is 0 Å². The third-order valence-corrected chi connectivity index (χ3v) is 2.40. The zero-order valence-corrected chi connectivity index (χ0v) is 10.00. The van der Waals surface area contributed by atoms with Gasteiger partial charge >= 0.3 is 0 Å². The molecule has 1 atom stereocenters. The summed E-state index contributed by atoms with van der Waals surface area (Å²) in [4.78, 5) is 11.7. The number of hydrogen-bond donors (Lipinski definition) is 2. The van der Waals surface area contributed by atoms with Crippen LogP contribution in [0.4, 0.5) is 4.39 Å². The Morgan fingerprint density at radius 3 is 2.82 bits per heavy atom. The Kier molecular flexibility index (Phi) is 4.90. The van der Waals surface area contributed by atoms with Crippen molar-refractivity contribution in [1.82, 2.24) is 5.32 Å². The van der Waals surface area contributed by atoms with E-state index in [1.165, 1.54) is 19.2 Å². The third-order valence-electron chi connectivity index (χ3n) is 2.40. The van der Waals surface area contributed by atoms with Gasteiger partial charge in [0.15, 0.2) is 0 Å². The molecule has 5 heteroatoms. The van der Waals surface area contributed by atoms with Crippen molar-refractivity contribution in [2.75, 3.05) is 13.7 Å². The lowest BCUT2D eigenvalue weighted by Gasteiger charge is -2.13. The molecular formula is C12H17FN2O2. The van der Waals surface area contributed by atoms with Gasteiger partial charge in [0.1, 0.15) is 11.6 Å². The Morgan fingerprint density at radius 2 is 2.29 bits per heavy atom. The normalized spacial score (nSPS) is 12.0. The van der Waals surface area contributed by atoms with E-state index in [1.807, 2.05) is 6.92 Å². The van der Waals surface area contributed by atoms with Gasteiger partial charge in [-0.15, -0.1) is 0 Å². The van der Waals surface area contributed by atoms with Crippen molar-refractivity contribution >= 4 is 5.91 Å². The molecule has 0 radical (unpaired) electrons. The molecule has 0 bridgehead atoms. The molecule has 3 N–H and O–H groups in total. The van der Waals surface area contributed by atoms with E-state index in [2.05, 4.69) is 5.32 Å². The zero-order chi connectivity index (χ0) is 12.8. The molecule has 0 aliphatic heterocycles. The van der Waals surface area contributed by atoms with Gasteiger partial charge in [0.2, 0.25) is 0 Å². The molecule has 1 aromatic carbocycles. The Balaban J connectivity index is 2.75. The van der Waals surface area contributed by atoms with E-state index in [9.17, 15) is 9.18 Å². The van der Waals surface area contributed by atoms with E-state index >= 15 is 0 Å². The number of benzene rings is 1. The van der Waals surface area contributed by atoms with Crippen molar-refractivity contribution in [3.05, 3.63) is 29.6 Å². The standard InChI is InChI=1S/C12H17FN2O2/c1-8(5-6-14)15-12(16)10-4-3-9(17-2)7-11(10)13/h3-4,7-8H,5-6,14H2,1-2H3,(H,15,16). The second kappa shape index (κ2) is 6.20. The molecule has 0 saturated carbocycles. The maximum Gasteiger partial charge on any atom is 0.254 e. The summed E-state index contributed by atoms with van der Waals surface area (Å²) in [6.07, 6.45) is 0.656. The van der Waals surface area contributed by atoms with Gasteiger partial charge in [0.25, 0.3) is 5.91 Å². The fourth-order valence-electron chi connectivity index (χ4n) is 1.43. The van der Waals surface area contributed by atoms with E-state index in [-0.39, 0.29) is 11.6 Å². The van der Waals surface area contributed by atoms with Gasteiger partial charge in [0, 0.05) is 12.1 Å². The summed E-state index contributed by atoms with van der Waals surface area (Å²) in [5, 5.41) is 2.68. The highest BCUT2D eigenvalue weighted by atomic mass is 19.1. The summed E-state index contributed by atoms with van der Waals surface area (Å²) >= 11 is 0. The minimum absolute atomic E-state index is 0.00896. The molecule has 0 saturated heterocycles. The highest BCUT2D eigenvalue weighted by Gasteiger charge is 2.14. The van der Waals surface area contributed by atoms with Gasteiger partial charge in [-0.1, -0.05) is 0 Å². The van der Waals surface area contributed by atoms with Crippen LogP contribution in [0, 0.1) is 5.82 Å². The molecule has 0 fully saturated rings. The SMILES string of the molecule is COc1ccc(C(=O)NC(C)CCN)c(F)c1. The van der Waals surface area contributed by atoms with Gasteiger partial charge in [-0.2, -0.15) is 0 Å². The molecule has 0 heterocycles. The molecule has 17 heavy (non-hydrogen) atoms. The second-order valence-electron chi connectivity index (χ2n) is 3.80. The average molecular weight is 240 g/mol. The van der Waals surface area contributed by atoms with Crippen LogP contribution >= 0.6 is 0 Å². The first-order valence-corrected chi connectivity index (χ1v) is 5.43. The maximum absolute atomic E-state index is 13.6. The number of halogens is 1. The van der Waals surface area contributed by atoms with Gasteiger partial charge in [-0.3, -0.25) is 4.79 Å². The average Bonchev–Trinajstić information content (AvgIpc) is 2.28. The Hall–Kier alpha value is -1.62. The monoisotopic (exact) mass is 240 g/mol. The Bertz CT molecular complexity index is 396. The Morgan fingerprint density at radius 1 is 1.59 bits per heavy atom. The number of amides is 1. The van der Waals surface area contributed by atoms with E-state index in [0.29, 0.717) is 18.7 Å². The quantitative estimate of drug-likeness (QED) is 0.815. The first-order chi connectivity index (χ1) is 8.08. The second-order valence-corrected chi connectivity index (χ2v) is 3.80. The number of rotatable bonds is 5. The molecule has 0 aliphatic rings. The van der Waals surface area contributed by atoms with Crippen LogP contribution in [0.15, 0.2) is 18.2 Å². The van der Waals surface area contributed by atoms with Crippen LogP contribution in [0.2, 0.25) is 0 Å². The number of carbonyl (C=O) groups is 1. The molecule has 0 aromatic heterocycles. The van der Waals surface area contributed by atoms with Gasteiger partial charge in [-0.25, -0.2) is 4.39 Å². The van der Waals surface area contributed by atoms with Crippen LogP contribution < -0.4 is 15.8 Å². The van der Waals surface area contributed by atoms with Crippen LogP contribution in [0.5, 0.6) is 5.75 Å². The van der Waals surface area contributed by atoms with Gasteiger partial charge in [-0.05, 0) is 32.0 Å². The molecule has 1 rings (SSSR count). The first kappa shape index (κ1) is 13.4. The summed E-state index contributed by atoms with van der Waals surface area (Å²) in [6.45, 7) is 2.30. The molecule has 0 aliphatic carbocycles. The number of methoxy groups -OCH3 is 1. The fourth-order valence-corrected chi connectivity index (χ4v) is 1.43. The van der Waals surface area contributed by atoms with Crippen molar-refractivity contribution in [3.63, 3.8) is 0 Å². The predicted molar refractivity (Wildman–Crippen MR) is 63.6 cm³/mol. The van der Waals surface area contributed by atoms with Gasteiger partial charge in [0.05, 0.1) is 12.7 Å². The van der Waals surface area contributed by atoms with Crippen molar-refractivity contribution in [2.24, 2.45) is 5.73 Å². The highest BCUT2D eigenvalue weighted by Crippen LogP contribution is 2.16. The lowest BCUT2D eigenvalue weighted by atomic mass is 10.1. The lowest BCUT2D eigenvalue weighted by molar-refractivity contribution is 0.0935. The molecule has 4 nitrogen and oxygen atoms in total. The highest BCUT2D eigenvalue weighted by molar-refractivity contribution is 5.94. The minimum atomic E-state index is -0.596. The van der Waals surface area contributed by atoms with Crippen LogP contribution in [0.25, 0.3) is 0 Å². The largest absolute Gasteiger partial charge is 0.497 e. The number of hydrogen-bond acceptors (Lipinski definition) is 3. The summed E-state index contributed by atoms with van der Waals surface area (Å²) in [5.74, 6) is -0.651. The Labute approximate surface area is 100.0 Å². The third kappa shape index (κ3) is 3.71. The molecule has 1 aromatic rings.